The minimum atomic E-state index is -0.434. The predicted molar refractivity (Wildman–Crippen MR) is 77.1 cm³/mol. The highest BCUT2D eigenvalue weighted by Crippen LogP contribution is 2.27. The van der Waals surface area contributed by atoms with E-state index in [1.807, 2.05) is 11.4 Å². The van der Waals surface area contributed by atoms with Gasteiger partial charge in [0, 0.05) is 11.9 Å². The standard InChI is InChI=1S/C13H17FN4S/c1-3-5-10(11-6-4-7-19-11)17-12-9(14)8-16-13(15-2)18-12/h4,6-8,10H,3,5H2,1-2H3,(H2,15,16,17,18). The maximum Gasteiger partial charge on any atom is 0.224 e. The molecule has 19 heavy (non-hydrogen) atoms. The minimum absolute atomic E-state index is 0.0825. The number of nitrogens with zero attached hydrogens (tertiary/aromatic N) is 2. The monoisotopic (exact) mass is 280 g/mol. The molecule has 6 heteroatoms. The zero-order chi connectivity index (χ0) is 13.7. The van der Waals surface area contributed by atoms with Crippen molar-refractivity contribution in [3.8, 4) is 0 Å². The highest BCUT2D eigenvalue weighted by atomic mass is 32.1. The molecule has 1 atom stereocenters. The Hall–Kier alpha value is -1.69. The number of thiophene rings is 1. The summed E-state index contributed by atoms with van der Waals surface area (Å²) < 4.78 is 13.7. The maximum atomic E-state index is 13.7. The number of aromatic nitrogens is 2. The van der Waals surface area contributed by atoms with Crippen LogP contribution >= 0.6 is 11.3 Å². The molecule has 102 valence electrons. The SMILES string of the molecule is CCCC(Nc1nc(NC)ncc1F)c1cccs1. The molecule has 0 aliphatic heterocycles. The largest absolute Gasteiger partial charge is 0.360 e. The molecule has 2 aromatic rings. The van der Waals surface area contributed by atoms with E-state index in [4.69, 9.17) is 0 Å². The second kappa shape index (κ2) is 6.47. The molecule has 0 aliphatic carbocycles. The van der Waals surface area contributed by atoms with Crippen LogP contribution in [0.1, 0.15) is 30.7 Å². The van der Waals surface area contributed by atoms with Gasteiger partial charge in [-0.05, 0) is 17.9 Å². The Kier molecular flexibility index (Phi) is 4.68. The van der Waals surface area contributed by atoms with Gasteiger partial charge in [-0.15, -0.1) is 11.3 Å². The smallest absolute Gasteiger partial charge is 0.224 e. The van der Waals surface area contributed by atoms with Crippen LogP contribution in [0.5, 0.6) is 0 Å². The molecule has 0 spiro atoms. The van der Waals surface area contributed by atoms with Gasteiger partial charge in [0.25, 0.3) is 0 Å². The molecule has 0 aromatic carbocycles. The highest BCUT2D eigenvalue weighted by Gasteiger charge is 2.15. The van der Waals surface area contributed by atoms with Crippen LogP contribution in [0.4, 0.5) is 16.2 Å². The lowest BCUT2D eigenvalue weighted by Gasteiger charge is -2.18. The minimum Gasteiger partial charge on any atom is -0.360 e. The van der Waals surface area contributed by atoms with E-state index in [0.717, 1.165) is 12.8 Å². The number of anilines is 2. The molecule has 4 nitrogen and oxygen atoms in total. The third-order valence-corrected chi connectivity index (χ3v) is 3.73. The highest BCUT2D eigenvalue weighted by molar-refractivity contribution is 7.10. The average Bonchev–Trinajstić information content (AvgIpc) is 2.94. The third kappa shape index (κ3) is 3.41. The number of halogens is 1. The number of rotatable bonds is 6. The zero-order valence-electron chi connectivity index (χ0n) is 11.0. The molecule has 2 N–H and O–H groups in total. The summed E-state index contributed by atoms with van der Waals surface area (Å²) in [4.78, 5) is 9.14. The van der Waals surface area contributed by atoms with Crippen molar-refractivity contribution < 1.29 is 4.39 Å². The molecule has 2 heterocycles. The van der Waals surface area contributed by atoms with Crippen LogP contribution in [0.3, 0.4) is 0 Å². The Balaban J connectivity index is 2.21. The summed E-state index contributed by atoms with van der Waals surface area (Å²) in [6, 6.07) is 4.13. The van der Waals surface area contributed by atoms with Gasteiger partial charge in [0.15, 0.2) is 11.6 Å². The van der Waals surface area contributed by atoms with Gasteiger partial charge in [-0.1, -0.05) is 19.4 Å². The zero-order valence-corrected chi connectivity index (χ0v) is 11.8. The van der Waals surface area contributed by atoms with Crippen molar-refractivity contribution in [2.75, 3.05) is 17.7 Å². The van der Waals surface area contributed by atoms with Gasteiger partial charge in [-0.25, -0.2) is 9.37 Å². The Morgan fingerprint density at radius 2 is 2.32 bits per heavy atom. The first kappa shape index (κ1) is 13.7. The van der Waals surface area contributed by atoms with E-state index in [9.17, 15) is 4.39 Å². The fraction of sp³-hybridized carbons (Fsp3) is 0.385. The van der Waals surface area contributed by atoms with E-state index in [1.165, 1.54) is 11.1 Å². The summed E-state index contributed by atoms with van der Waals surface area (Å²) in [7, 11) is 1.71. The van der Waals surface area contributed by atoms with Gasteiger partial charge >= 0.3 is 0 Å². The summed E-state index contributed by atoms with van der Waals surface area (Å²) >= 11 is 1.66. The number of nitrogens with one attached hydrogen (secondary N) is 2. The molecule has 0 saturated heterocycles. The summed E-state index contributed by atoms with van der Waals surface area (Å²) in [5.74, 6) is 0.216. The molecule has 0 bridgehead atoms. The van der Waals surface area contributed by atoms with Gasteiger partial charge in [0.05, 0.1) is 12.2 Å². The summed E-state index contributed by atoms with van der Waals surface area (Å²) in [5.41, 5.74) is 0. The topological polar surface area (TPSA) is 49.8 Å². The molecule has 2 aromatic heterocycles. The predicted octanol–water partition coefficient (Wildman–Crippen LogP) is 3.67. The second-order valence-electron chi connectivity index (χ2n) is 4.14. The van der Waals surface area contributed by atoms with Crippen LogP contribution < -0.4 is 10.6 Å². The van der Waals surface area contributed by atoms with Gasteiger partial charge < -0.3 is 10.6 Å². The number of hydrogen-bond acceptors (Lipinski definition) is 5. The van der Waals surface area contributed by atoms with Crippen molar-refractivity contribution in [2.24, 2.45) is 0 Å². The van der Waals surface area contributed by atoms with Crippen LogP contribution in [0.25, 0.3) is 0 Å². The van der Waals surface area contributed by atoms with E-state index in [0.29, 0.717) is 5.95 Å². The maximum absolute atomic E-state index is 13.7. The molecule has 0 saturated carbocycles. The third-order valence-electron chi connectivity index (χ3n) is 2.74. The van der Waals surface area contributed by atoms with Gasteiger partial charge in [-0.2, -0.15) is 4.98 Å². The van der Waals surface area contributed by atoms with Crippen molar-refractivity contribution in [1.29, 1.82) is 0 Å². The Bertz CT molecular complexity index is 515. The molecule has 0 fully saturated rings. The molecular formula is C13H17FN4S. The fourth-order valence-corrected chi connectivity index (χ4v) is 2.63. The van der Waals surface area contributed by atoms with E-state index in [-0.39, 0.29) is 11.9 Å². The van der Waals surface area contributed by atoms with Gasteiger partial charge in [0.1, 0.15) is 0 Å². The van der Waals surface area contributed by atoms with Crippen LogP contribution in [-0.4, -0.2) is 17.0 Å². The van der Waals surface area contributed by atoms with Crippen molar-refractivity contribution in [3.63, 3.8) is 0 Å². The van der Waals surface area contributed by atoms with Crippen molar-refractivity contribution in [1.82, 2.24) is 9.97 Å². The Morgan fingerprint density at radius 3 is 2.95 bits per heavy atom. The Morgan fingerprint density at radius 1 is 1.47 bits per heavy atom. The summed E-state index contributed by atoms with van der Waals surface area (Å²) in [6.07, 6.45) is 3.12. The lowest BCUT2D eigenvalue weighted by Crippen LogP contribution is -2.13. The van der Waals surface area contributed by atoms with E-state index in [1.54, 1.807) is 18.4 Å². The van der Waals surface area contributed by atoms with Crippen LogP contribution in [0.15, 0.2) is 23.7 Å². The molecule has 2 rings (SSSR count). The average molecular weight is 280 g/mol. The fourth-order valence-electron chi connectivity index (χ4n) is 1.82. The summed E-state index contributed by atoms with van der Waals surface area (Å²) in [6.45, 7) is 2.11. The molecule has 0 aliphatic rings. The lowest BCUT2D eigenvalue weighted by atomic mass is 10.1. The van der Waals surface area contributed by atoms with Crippen LogP contribution in [-0.2, 0) is 0 Å². The van der Waals surface area contributed by atoms with E-state index in [2.05, 4.69) is 33.6 Å². The molecular weight excluding hydrogens is 263 g/mol. The Labute approximate surface area is 116 Å². The van der Waals surface area contributed by atoms with Crippen molar-refractivity contribution in [3.05, 3.63) is 34.4 Å². The van der Waals surface area contributed by atoms with Crippen LogP contribution in [0.2, 0.25) is 0 Å². The molecule has 0 radical (unpaired) electrons. The van der Waals surface area contributed by atoms with Gasteiger partial charge in [-0.3, -0.25) is 0 Å². The lowest BCUT2D eigenvalue weighted by molar-refractivity contribution is 0.606. The first-order valence-corrected chi connectivity index (χ1v) is 7.12. The summed E-state index contributed by atoms with van der Waals surface area (Å²) in [5, 5.41) is 8.00. The van der Waals surface area contributed by atoms with Crippen molar-refractivity contribution in [2.45, 2.75) is 25.8 Å². The first-order chi connectivity index (χ1) is 9.24. The molecule has 0 amide bonds. The van der Waals surface area contributed by atoms with E-state index < -0.39 is 5.82 Å². The first-order valence-electron chi connectivity index (χ1n) is 6.24. The molecule has 1 unspecified atom stereocenters. The van der Waals surface area contributed by atoms with Crippen molar-refractivity contribution >= 4 is 23.1 Å². The van der Waals surface area contributed by atoms with Gasteiger partial charge in [0.2, 0.25) is 5.95 Å². The van der Waals surface area contributed by atoms with Crippen LogP contribution in [0, 0.1) is 5.82 Å². The quantitative estimate of drug-likeness (QED) is 0.847. The normalized spacial score (nSPS) is 12.2. The number of hydrogen-bond donors (Lipinski definition) is 2. The second-order valence-corrected chi connectivity index (χ2v) is 5.12. The van der Waals surface area contributed by atoms with E-state index >= 15 is 0 Å².